The molecule has 0 spiro atoms. The summed E-state index contributed by atoms with van der Waals surface area (Å²) >= 11 is 1.55. The van der Waals surface area contributed by atoms with Crippen molar-refractivity contribution in [3.05, 3.63) is 94.8 Å². The van der Waals surface area contributed by atoms with E-state index in [9.17, 15) is 14.0 Å². The van der Waals surface area contributed by atoms with Crippen LogP contribution in [0.5, 0.6) is 0 Å². The number of carbonyl (C=O) groups is 2. The SMILES string of the molecule is Cc1ccc(N2C(=O)CSC2c2cccc(NC(=O)c3ccccc3F)c2)cc1C. The van der Waals surface area contributed by atoms with E-state index in [1.165, 1.54) is 17.7 Å². The van der Waals surface area contributed by atoms with Crippen LogP contribution < -0.4 is 10.2 Å². The molecule has 1 N–H and O–H groups in total. The first-order valence-electron chi connectivity index (χ1n) is 9.61. The second kappa shape index (κ2) is 8.32. The number of hydrogen-bond acceptors (Lipinski definition) is 3. The Morgan fingerprint density at radius 1 is 1.03 bits per heavy atom. The zero-order valence-electron chi connectivity index (χ0n) is 16.7. The van der Waals surface area contributed by atoms with Crippen LogP contribution in [0.3, 0.4) is 0 Å². The molecule has 3 aromatic carbocycles. The van der Waals surface area contributed by atoms with Gasteiger partial charge in [-0.3, -0.25) is 14.5 Å². The first kappa shape index (κ1) is 20.2. The molecule has 1 aliphatic rings. The maximum absolute atomic E-state index is 13.9. The van der Waals surface area contributed by atoms with Gasteiger partial charge < -0.3 is 5.32 Å². The molecule has 1 saturated heterocycles. The number of anilines is 2. The fourth-order valence-corrected chi connectivity index (χ4v) is 4.61. The van der Waals surface area contributed by atoms with Crippen molar-refractivity contribution in [2.75, 3.05) is 16.0 Å². The van der Waals surface area contributed by atoms with Crippen molar-refractivity contribution in [3.8, 4) is 0 Å². The Kier molecular flexibility index (Phi) is 5.59. The van der Waals surface area contributed by atoms with Gasteiger partial charge >= 0.3 is 0 Å². The molecule has 4 rings (SSSR count). The van der Waals surface area contributed by atoms with Crippen LogP contribution in [-0.2, 0) is 4.79 Å². The maximum atomic E-state index is 13.9. The van der Waals surface area contributed by atoms with Crippen LogP contribution in [0.2, 0.25) is 0 Å². The maximum Gasteiger partial charge on any atom is 0.258 e. The Balaban J connectivity index is 1.61. The minimum absolute atomic E-state index is 0.00919. The molecule has 6 heteroatoms. The van der Waals surface area contributed by atoms with Crippen molar-refractivity contribution in [1.29, 1.82) is 0 Å². The van der Waals surface area contributed by atoms with E-state index in [0.29, 0.717) is 11.4 Å². The number of benzene rings is 3. The van der Waals surface area contributed by atoms with E-state index < -0.39 is 11.7 Å². The highest BCUT2D eigenvalue weighted by Crippen LogP contribution is 2.42. The van der Waals surface area contributed by atoms with Crippen LogP contribution in [0.25, 0.3) is 0 Å². The number of rotatable bonds is 4. The van der Waals surface area contributed by atoms with Crippen LogP contribution in [0, 0.1) is 19.7 Å². The highest BCUT2D eigenvalue weighted by atomic mass is 32.2. The molecule has 0 saturated carbocycles. The van der Waals surface area contributed by atoms with E-state index in [0.717, 1.165) is 16.8 Å². The third kappa shape index (κ3) is 3.96. The summed E-state index contributed by atoms with van der Waals surface area (Å²) in [6.07, 6.45) is 0. The average molecular weight is 421 g/mol. The van der Waals surface area contributed by atoms with Crippen molar-refractivity contribution in [2.45, 2.75) is 19.2 Å². The Morgan fingerprint density at radius 2 is 1.83 bits per heavy atom. The van der Waals surface area contributed by atoms with Gasteiger partial charge in [-0.05, 0) is 66.9 Å². The largest absolute Gasteiger partial charge is 0.322 e. The number of nitrogens with one attached hydrogen (secondary N) is 1. The molecule has 1 unspecified atom stereocenters. The summed E-state index contributed by atoms with van der Waals surface area (Å²) in [7, 11) is 0. The molecule has 3 aromatic rings. The summed E-state index contributed by atoms with van der Waals surface area (Å²) in [5.41, 5.74) is 4.61. The molecule has 30 heavy (non-hydrogen) atoms. The van der Waals surface area contributed by atoms with E-state index in [2.05, 4.69) is 5.32 Å². The second-order valence-electron chi connectivity index (χ2n) is 7.26. The quantitative estimate of drug-likeness (QED) is 0.609. The molecular formula is C24H21FN2O2S. The lowest BCUT2D eigenvalue weighted by Gasteiger charge is -2.25. The van der Waals surface area contributed by atoms with Gasteiger partial charge in [-0.2, -0.15) is 0 Å². The normalized spacial score (nSPS) is 16.0. The smallest absolute Gasteiger partial charge is 0.258 e. The second-order valence-corrected chi connectivity index (χ2v) is 8.32. The van der Waals surface area contributed by atoms with Gasteiger partial charge in [0.1, 0.15) is 11.2 Å². The Hall–Kier alpha value is -3.12. The van der Waals surface area contributed by atoms with Gasteiger partial charge in [0.2, 0.25) is 5.91 Å². The van der Waals surface area contributed by atoms with Gasteiger partial charge in [0.25, 0.3) is 5.91 Å². The predicted molar refractivity (Wildman–Crippen MR) is 119 cm³/mol. The van der Waals surface area contributed by atoms with E-state index in [4.69, 9.17) is 0 Å². The zero-order chi connectivity index (χ0) is 21.3. The molecule has 4 nitrogen and oxygen atoms in total. The average Bonchev–Trinajstić information content (AvgIpc) is 3.12. The van der Waals surface area contributed by atoms with Gasteiger partial charge in [-0.1, -0.05) is 30.3 Å². The first-order chi connectivity index (χ1) is 14.4. The molecule has 1 atom stereocenters. The molecule has 2 amide bonds. The Bertz CT molecular complexity index is 1130. The number of amides is 2. The molecular weight excluding hydrogens is 399 g/mol. The topological polar surface area (TPSA) is 49.4 Å². The fraction of sp³-hybridized carbons (Fsp3) is 0.167. The van der Waals surface area contributed by atoms with Gasteiger partial charge in [-0.25, -0.2) is 4.39 Å². The van der Waals surface area contributed by atoms with E-state index >= 15 is 0 Å². The third-order valence-corrected chi connectivity index (χ3v) is 6.40. The first-order valence-corrected chi connectivity index (χ1v) is 10.7. The molecule has 1 aliphatic heterocycles. The Labute approximate surface area is 179 Å². The summed E-state index contributed by atoms with van der Waals surface area (Å²) in [5, 5.41) is 2.56. The van der Waals surface area contributed by atoms with E-state index in [1.54, 1.807) is 34.9 Å². The zero-order valence-corrected chi connectivity index (χ0v) is 17.5. The fourth-order valence-electron chi connectivity index (χ4n) is 3.44. The number of hydrogen-bond donors (Lipinski definition) is 1. The van der Waals surface area contributed by atoms with E-state index in [-0.39, 0.29) is 16.8 Å². The number of halogens is 1. The third-order valence-electron chi connectivity index (χ3n) is 5.18. The molecule has 1 heterocycles. The van der Waals surface area contributed by atoms with Crippen LogP contribution in [0.4, 0.5) is 15.8 Å². The van der Waals surface area contributed by atoms with Crippen LogP contribution >= 0.6 is 11.8 Å². The van der Waals surface area contributed by atoms with Crippen molar-refractivity contribution < 1.29 is 14.0 Å². The molecule has 0 radical (unpaired) electrons. The predicted octanol–water partition coefficient (Wildman–Crippen LogP) is 5.47. The number of carbonyl (C=O) groups excluding carboxylic acids is 2. The minimum Gasteiger partial charge on any atom is -0.322 e. The minimum atomic E-state index is -0.566. The number of nitrogens with zero attached hydrogens (tertiary/aromatic N) is 1. The summed E-state index contributed by atoms with van der Waals surface area (Å²) in [6.45, 7) is 4.07. The number of aryl methyl sites for hydroxylation is 2. The summed E-state index contributed by atoms with van der Waals surface area (Å²) < 4.78 is 13.9. The van der Waals surface area contributed by atoms with Crippen LogP contribution in [-0.4, -0.2) is 17.6 Å². The lowest BCUT2D eigenvalue weighted by molar-refractivity contribution is -0.115. The lowest BCUT2D eigenvalue weighted by Crippen LogP contribution is -2.28. The van der Waals surface area contributed by atoms with Gasteiger partial charge in [0.15, 0.2) is 0 Å². The van der Waals surface area contributed by atoms with Gasteiger partial charge in [0, 0.05) is 11.4 Å². The van der Waals surface area contributed by atoms with Gasteiger partial charge in [0.05, 0.1) is 11.3 Å². The van der Waals surface area contributed by atoms with Crippen molar-refractivity contribution in [1.82, 2.24) is 0 Å². The highest BCUT2D eigenvalue weighted by molar-refractivity contribution is 8.00. The molecule has 152 valence electrons. The van der Waals surface area contributed by atoms with Crippen molar-refractivity contribution in [2.24, 2.45) is 0 Å². The lowest BCUT2D eigenvalue weighted by atomic mass is 10.1. The molecule has 0 aliphatic carbocycles. The standard InChI is InChI=1S/C24H21FN2O2S/c1-15-10-11-19(12-16(15)2)27-22(28)14-30-24(27)17-6-5-7-18(13-17)26-23(29)20-8-3-4-9-21(20)25/h3-13,24H,14H2,1-2H3,(H,26,29). The summed E-state index contributed by atoms with van der Waals surface area (Å²) in [4.78, 5) is 26.9. The summed E-state index contributed by atoms with van der Waals surface area (Å²) in [5.74, 6) is -0.631. The number of thioether (sulfide) groups is 1. The highest BCUT2D eigenvalue weighted by Gasteiger charge is 2.34. The van der Waals surface area contributed by atoms with Gasteiger partial charge in [-0.15, -0.1) is 11.8 Å². The molecule has 0 bridgehead atoms. The van der Waals surface area contributed by atoms with E-state index in [1.807, 2.05) is 50.2 Å². The summed E-state index contributed by atoms with van der Waals surface area (Å²) in [6, 6.07) is 19.2. The van der Waals surface area contributed by atoms with Crippen molar-refractivity contribution >= 4 is 35.0 Å². The molecule has 1 fully saturated rings. The van der Waals surface area contributed by atoms with Crippen molar-refractivity contribution in [3.63, 3.8) is 0 Å². The molecule has 0 aromatic heterocycles. The monoisotopic (exact) mass is 420 g/mol. The van der Waals surface area contributed by atoms with Crippen LogP contribution in [0.15, 0.2) is 66.7 Å². The Morgan fingerprint density at radius 3 is 2.60 bits per heavy atom. The van der Waals surface area contributed by atoms with Crippen LogP contribution in [0.1, 0.15) is 32.4 Å².